The monoisotopic (exact) mass is 411 g/mol. The van der Waals surface area contributed by atoms with E-state index in [1.807, 2.05) is 36.1 Å². The van der Waals surface area contributed by atoms with Crippen molar-refractivity contribution in [2.45, 2.75) is 26.9 Å². The van der Waals surface area contributed by atoms with Crippen molar-refractivity contribution < 1.29 is 9.59 Å². The number of nitrogens with one attached hydrogen (secondary N) is 2. The van der Waals surface area contributed by atoms with Crippen LogP contribution in [-0.2, 0) is 22.7 Å². The molecular formula is C21H29N7O2. The summed E-state index contributed by atoms with van der Waals surface area (Å²) in [5, 5.41) is 10.3. The smallest absolute Gasteiger partial charge is 0.246 e. The van der Waals surface area contributed by atoms with E-state index in [0.29, 0.717) is 19.6 Å². The van der Waals surface area contributed by atoms with E-state index in [-0.39, 0.29) is 18.4 Å². The average Bonchev–Trinajstić information content (AvgIpc) is 3.24. The van der Waals surface area contributed by atoms with Crippen LogP contribution in [0.4, 0.5) is 5.69 Å². The zero-order chi connectivity index (χ0) is 21.3. The molecule has 0 aliphatic carbocycles. The van der Waals surface area contributed by atoms with Crippen molar-refractivity contribution in [2.75, 3.05) is 38.0 Å². The molecule has 1 aliphatic rings. The minimum absolute atomic E-state index is 0.114. The maximum Gasteiger partial charge on any atom is 0.246 e. The summed E-state index contributed by atoms with van der Waals surface area (Å²) in [4.78, 5) is 32.5. The van der Waals surface area contributed by atoms with Gasteiger partial charge in [-0.1, -0.05) is 12.1 Å². The van der Waals surface area contributed by atoms with Crippen molar-refractivity contribution in [2.24, 2.45) is 4.99 Å². The maximum atomic E-state index is 12.2. The molecule has 160 valence electrons. The van der Waals surface area contributed by atoms with Gasteiger partial charge in [-0.05, 0) is 30.7 Å². The zero-order valence-electron chi connectivity index (χ0n) is 17.5. The van der Waals surface area contributed by atoms with Crippen LogP contribution in [0.2, 0.25) is 0 Å². The number of aliphatic imine (C=N–C) groups is 1. The molecule has 9 nitrogen and oxygen atoms in total. The van der Waals surface area contributed by atoms with Gasteiger partial charge in [-0.2, -0.15) is 5.10 Å². The standard InChI is InChI=1S/C21H29N7O2/c1-3-22-21(27-12-10-26(11-13-27)17(2)29)23-15-18-6-4-7-19(14-18)25-20(30)16-28-9-5-8-24-28/h4-9,14H,3,10-13,15-16H2,1-2H3,(H,22,23)(H,25,30). The number of aromatic nitrogens is 2. The van der Waals surface area contributed by atoms with Gasteiger partial charge in [0.1, 0.15) is 6.54 Å². The highest BCUT2D eigenvalue weighted by molar-refractivity contribution is 5.90. The Morgan fingerprint density at radius 3 is 2.57 bits per heavy atom. The first-order chi connectivity index (χ1) is 14.5. The van der Waals surface area contributed by atoms with Gasteiger partial charge >= 0.3 is 0 Å². The van der Waals surface area contributed by atoms with Crippen LogP contribution in [0.25, 0.3) is 0 Å². The summed E-state index contributed by atoms with van der Waals surface area (Å²) in [6, 6.07) is 9.48. The summed E-state index contributed by atoms with van der Waals surface area (Å²) in [6.45, 7) is 8.02. The molecule has 1 aromatic carbocycles. The first-order valence-corrected chi connectivity index (χ1v) is 10.2. The molecule has 0 bridgehead atoms. The number of guanidine groups is 1. The van der Waals surface area contributed by atoms with E-state index in [2.05, 4.69) is 20.6 Å². The lowest BCUT2D eigenvalue weighted by Crippen LogP contribution is -2.53. The topological polar surface area (TPSA) is 94.9 Å². The number of hydrogen-bond acceptors (Lipinski definition) is 4. The molecule has 0 unspecified atom stereocenters. The highest BCUT2D eigenvalue weighted by atomic mass is 16.2. The number of carbonyl (C=O) groups excluding carboxylic acids is 2. The Labute approximate surface area is 176 Å². The fourth-order valence-electron chi connectivity index (χ4n) is 3.31. The lowest BCUT2D eigenvalue weighted by molar-refractivity contribution is -0.130. The Kier molecular flexibility index (Phi) is 7.42. The molecule has 9 heteroatoms. The minimum atomic E-state index is -0.129. The lowest BCUT2D eigenvalue weighted by Gasteiger charge is -2.36. The van der Waals surface area contributed by atoms with E-state index >= 15 is 0 Å². The quantitative estimate of drug-likeness (QED) is 0.549. The van der Waals surface area contributed by atoms with Crippen molar-refractivity contribution in [1.82, 2.24) is 24.9 Å². The Morgan fingerprint density at radius 1 is 1.13 bits per heavy atom. The maximum absolute atomic E-state index is 12.2. The molecule has 0 spiro atoms. The van der Waals surface area contributed by atoms with E-state index in [9.17, 15) is 9.59 Å². The summed E-state index contributed by atoms with van der Waals surface area (Å²) in [6.07, 6.45) is 3.40. The number of benzene rings is 1. The molecular weight excluding hydrogens is 382 g/mol. The van der Waals surface area contributed by atoms with E-state index in [1.54, 1.807) is 30.1 Å². The predicted octanol–water partition coefficient (Wildman–Crippen LogP) is 1.15. The Bertz CT molecular complexity index is 871. The van der Waals surface area contributed by atoms with Gasteiger partial charge in [0.05, 0.1) is 6.54 Å². The van der Waals surface area contributed by atoms with Crippen LogP contribution in [-0.4, -0.2) is 70.1 Å². The molecule has 1 aromatic heterocycles. The molecule has 2 aromatic rings. The number of piperazine rings is 1. The highest BCUT2D eigenvalue weighted by Gasteiger charge is 2.20. The van der Waals surface area contributed by atoms with Gasteiger partial charge in [0, 0.05) is 57.7 Å². The van der Waals surface area contributed by atoms with Crippen LogP contribution in [0, 0.1) is 0 Å². The van der Waals surface area contributed by atoms with Crippen molar-refractivity contribution in [3.63, 3.8) is 0 Å². The average molecular weight is 412 g/mol. The van der Waals surface area contributed by atoms with Crippen LogP contribution in [0.5, 0.6) is 0 Å². The van der Waals surface area contributed by atoms with Crippen LogP contribution in [0.1, 0.15) is 19.4 Å². The molecule has 1 aliphatic heterocycles. The molecule has 2 amide bonds. The van der Waals surface area contributed by atoms with E-state index in [4.69, 9.17) is 4.99 Å². The van der Waals surface area contributed by atoms with E-state index in [1.165, 1.54) is 0 Å². The van der Waals surface area contributed by atoms with Crippen molar-refractivity contribution in [3.05, 3.63) is 48.3 Å². The summed E-state index contributed by atoms with van der Waals surface area (Å²) >= 11 is 0. The largest absolute Gasteiger partial charge is 0.357 e. The zero-order valence-corrected chi connectivity index (χ0v) is 17.5. The van der Waals surface area contributed by atoms with Gasteiger partial charge in [0.15, 0.2) is 5.96 Å². The van der Waals surface area contributed by atoms with Crippen molar-refractivity contribution in [3.8, 4) is 0 Å². The lowest BCUT2D eigenvalue weighted by atomic mass is 10.2. The second kappa shape index (κ2) is 10.4. The molecule has 3 rings (SSSR count). The van der Waals surface area contributed by atoms with Gasteiger partial charge in [-0.3, -0.25) is 14.3 Å². The van der Waals surface area contributed by atoms with Crippen LogP contribution < -0.4 is 10.6 Å². The summed E-state index contributed by atoms with van der Waals surface area (Å²) < 4.78 is 1.58. The van der Waals surface area contributed by atoms with Crippen LogP contribution in [0.15, 0.2) is 47.7 Å². The summed E-state index contributed by atoms with van der Waals surface area (Å²) in [5.74, 6) is 0.827. The normalized spacial score (nSPS) is 14.5. The van der Waals surface area contributed by atoms with Gasteiger partial charge in [-0.25, -0.2) is 4.99 Å². The van der Waals surface area contributed by atoms with E-state index in [0.717, 1.165) is 36.8 Å². The van der Waals surface area contributed by atoms with Crippen molar-refractivity contribution in [1.29, 1.82) is 0 Å². The number of carbonyl (C=O) groups is 2. The Morgan fingerprint density at radius 2 is 1.90 bits per heavy atom. The van der Waals surface area contributed by atoms with Crippen molar-refractivity contribution >= 4 is 23.5 Å². The van der Waals surface area contributed by atoms with Gasteiger partial charge in [0.25, 0.3) is 0 Å². The fourth-order valence-corrected chi connectivity index (χ4v) is 3.31. The van der Waals surface area contributed by atoms with Gasteiger partial charge < -0.3 is 20.4 Å². The van der Waals surface area contributed by atoms with Gasteiger partial charge in [-0.15, -0.1) is 0 Å². The third-order valence-electron chi connectivity index (χ3n) is 4.85. The summed E-state index contributed by atoms with van der Waals surface area (Å²) in [7, 11) is 0. The molecule has 1 saturated heterocycles. The molecule has 2 heterocycles. The third-order valence-corrected chi connectivity index (χ3v) is 4.85. The number of hydrogen-bond donors (Lipinski definition) is 2. The molecule has 1 fully saturated rings. The second-order valence-electron chi connectivity index (χ2n) is 7.12. The predicted molar refractivity (Wildman–Crippen MR) is 116 cm³/mol. The number of nitrogens with zero attached hydrogens (tertiary/aromatic N) is 5. The Hall–Kier alpha value is -3.36. The van der Waals surface area contributed by atoms with Gasteiger partial charge in [0.2, 0.25) is 11.8 Å². The highest BCUT2D eigenvalue weighted by Crippen LogP contribution is 2.12. The SMILES string of the molecule is CCNC(=NCc1cccc(NC(=O)Cn2cccn2)c1)N1CCN(C(C)=O)CC1. The second-order valence-corrected chi connectivity index (χ2v) is 7.12. The fraction of sp³-hybridized carbons (Fsp3) is 0.429. The number of amides is 2. The summed E-state index contributed by atoms with van der Waals surface area (Å²) in [5.41, 5.74) is 1.74. The molecule has 0 saturated carbocycles. The molecule has 0 radical (unpaired) electrons. The van der Waals surface area contributed by atoms with E-state index < -0.39 is 0 Å². The third kappa shape index (κ3) is 6.07. The Balaban J connectivity index is 1.59. The first-order valence-electron chi connectivity index (χ1n) is 10.2. The van der Waals surface area contributed by atoms with Crippen LogP contribution in [0.3, 0.4) is 0 Å². The molecule has 30 heavy (non-hydrogen) atoms. The number of rotatable bonds is 6. The minimum Gasteiger partial charge on any atom is -0.357 e. The number of anilines is 1. The first kappa shape index (κ1) is 21.4. The molecule has 2 N–H and O–H groups in total. The molecule has 0 atom stereocenters. The van der Waals surface area contributed by atoms with Crippen LogP contribution >= 0.6 is 0 Å².